The van der Waals surface area contributed by atoms with E-state index in [1.54, 1.807) is 44.4 Å². The van der Waals surface area contributed by atoms with Crippen molar-refractivity contribution in [3.05, 3.63) is 60.2 Å². The molecule has 0 unspecified atom stereocenters. The topological polar surface area (TPSA) is 75.7 Å². The highest BCUT2D eigenvalue weighted by Crippen LogP contribution is 2.25. The van der Waals surface area contributed by atoms with Gasteiger partial charge in [-0.1, -0.05) is 44.2 Å². The lowest BCUT2D eigenvalue weighted by molar-refractivity contribution is -0.122. The van der Waals surface area contributed by atoms with E-state index < -0.39 is 16.1 Å². The van der Waals surface area contributed by atoms with E-state index in [0.29, 0.717) is 11.6 Å². The molecule has 0 saturated heterocycles. The minimum Gasteiger partial charge on any atom is -0.497 e. The van der Waals surface area contributed by atoms with Crippen molar-refractivity contribution in [2.24, 2.45) is 5.92 Å². The number of anilines is 1. The number of sulfonamides is 1. The minimum atomic E-state index is -3.64. The smallest absolute Gasteiger partial charge is 0.244 e. The van der Waals surface area contributed by atoms with Crippen molar-refractivity contribution < 1.29 is 17.9 Å². The number of rotatable bonds is 9. The number of carbonyl (C=O) groups excluding carboxylic acids is 1. The molecule has 158 valence electrons. The largest absolute Gasteiger partial charge is 0.497 e. The van der Waals surface area contributed by atoms with Crippen molar-refractivity contribution in [1.29, 1.82) is 0 Å². The summed E-state index contributed by atoms with van der Waals surface area (Å²) in [5.41, 5.74) is 1.41. The number of benzene rings is 2. The lowest BCUT2D eigenvalue weighted by Crippen LogP contribution is -2.48. The van der Waals surface area contributed by atoms with E-state index in [2.05, 4.69) is 19.2 Å². The molecule has 6 nitrogen and oxygen atoms in total. The van der Waals surface area contributed by atoms with Gasteiger partial charge in [-0.25, -0.2) is 8.42 Å². The van der Waals surface area contributed by atoms with Gasteiger partial charge in [0.25, 0.3) is 0 Å². The number of carbonyl (C=O) groups is 1. The third-order valence-corrected chi connectivity index (χ3v) is 5.88. The van der Waals surface area contributed by atoms with Gasteiger partial charge in [0.05, 0.1) is 25.1 Å². The average Bonchev–Trinajstić information content (AvgIpc) is 2.67. The number of amides is 1. The standard InChI is InChI=1S/C22H30N2O4S/c1-16(2)15-21(18-11-13-20(28-4)14-12-18)23-22(25)17(3)24(29(5,26)27)19-9-7-6-8-10-19/h6-14,16-17,21H,15H2,1-5H3,(H,23,25)/t17-,21+/m0/s1. The Bertz CT molecular complexity index is 896. The quantitative estimate of drug-likeness (QED) is 0.673. The third kappa shape index (κ3) is 6.22. The zero-order valence-electron chi connectivity index (χ0n) is 17.6. The summed E-state index contributed by atoms with van der Waals surface area (Å²) in [4.78, 5) is 13.1. The molecule has 0 aliphatic carbocycles. The van der Waals surface area contributed by atoms with E-state index in [1.165, 1.54) is 0 Å². The Hall–Kier alpha value is -2.54. The second-order valence-corrected chi connectivity index (χ2v) is 9.39. The molecule has 2 rings (SSSR count). The molecule has 2 aromatic rings. The zero-order chi connectivity index (χ0) is 21.6. The Morgan fingerprint density at radius 1 is 1.03 bits per heavy atom. The number of hydrogen-bond donors (Lipinski definition) is 1. The number of nitrogens with one attached hydrogen (secondary N) is 1. The molecule has 0 heterocycles. The molecule has 0 aliphatic heterocycles. The van der Waals surface area contributed by atoms with Crippen molar-refractivity contribution in [3.63, 3.8) is 0 Å². The molecule has 1 N–H and O–H groups in total. The Kier molecular flexibility index (Phi) is 7.67. The predicted octanol–water partition coefficient (Wildman–Crippen LogP) is 3.75. The predicted molar refractivity (Wildman–Crippen MR) is 117 cm³/mol. The van der Waals surface area contributed by atoms with Crippen LogP contribution in [0.1, 0.15) is 38.8 Å². The van der Waals surface area contributed by atoms with Crippen molar-refractivity contribution in [1.82, 2.24) is 5.32 Å². The second-order valence-electron chi connectivity index (χ2n) is 7.53. The van der Waals surface area contributed by atoms with Gasteiger partial charge in [0.2, 0.25) is 15.9 Å². The molecule has 2 aromatic carbocycles. The maximum atomic E-state index is 13.1. The van der Waals surface area contributed by atoms with Crippen molar-refractivity contribution in [2.75, 3.05) is 17.7 Å². The first-order valence-corrected chi connectivity index (χ1v) is 11.5. The number of methoxy groups -OCH3 is 1. The van der Waals surface area contributed by atoms with Gasteiger partial charge in [0, 0.05) is 0 Å². The Morgan fingerprint density at radius 2 is 1.62 bits per heavy atom. The fourth-order valence-corrected chi connectivity index (χ4v) is 4.44. The summed E-state index contributed by atoms with van der Waals surface area (Å²) in [6.07, 6.45) is 1.84. The maximum Gasteiger partial charge on any atom is 0.244 e. The van der Waals surface area contributed by atoms with Gasteiger partial charge in [-0.2, -0.15) is 0 Å². The van der Waals surface area contributed by atoms with E-state index >= 15 is 0 Å². The van der Waals surface area contributed by atoms with E-state index in [-0.39, 0.29) is 11.9 Å². The van der Waals surface area contributed by atoms with Crippen molar-refractivity contribution in [2.45, 2.75) is 39.3 Å². The lowest BCUT2D eigenvalue weighted by Gasteiger charge is -2.30. The average molecular weight is 419 g/mol. The van der Waals surface area contributed by atoms with Crippen LogP contribution in [0.5, 0.6) is 5.75 Å². The van der Waals surface area contributed by atoms with Crippen LogP contribution in [0.4, 0.5) is 5.69 Å². The van der Waals surface area contributed by atoms with E-state index in [4.69, 9.17) is 4.74 Å². The third-order valence-electron chi connectivity index (χ3n) is 4.64. The molecular formula is C22H30N2O4S. The Labute approximate surface area is 173 Å². The van der Waals surface area contributed by atoms with E-state index in [0.717, 1.165) is 28.3 Å². The van der Waals surface area contributed by atoms with Crippen molar-refractivity contribution >= 4 is 21.6 Å². The van der Waals surface area contributed by atoms with Gasteiger partial charge in [-0.3, -0.25) is 9.10 Å². The van der Waals surface area contributed by atoms with Crippen LogP contribution in [0, 0.1) is 5.92 Å². The summed E-state index contributed by atoms with van der Waals surface area (Å²) in [5, 5.41) is 3.04. The molecular weight excluding hydrogens is 388 g/mol. The highest BCUT2D eigenvalue weighted by atomic mass is 32.2. The Morgan fingerprint density at radius 3 is 2.10 bits per heavy atom. The summed E-state index contributed by atoms with van der Waals surface area (Å²) in [7, 11) is -2.03. The highest BCUT2D eigenvalue weighted by molar-refractivity contribution is 7.92. The van der Waals surface area contributed by atoms with Gasteiger partial charge in [0.15, 0.2) is 0 Å². The molecule has 0 radical (unpaired) electrons. The number of para-hydroxylation sites is 1. The lowest BCUT2D eigenvalue weighted by atomic mass is 9.96. The molecule has 0 spiro atoms. The Balaban J connectivity index is 2.28. The van der Waals surface area contributed by atoms with Crippen LogP contribution in [-0.4, -0.2) is 33.7 Å². The maximum absolute atomic E-state index is 13.1. The molecule has 2 atom stereocenters. The summed E-state index contributed by atoms with van der Waals surface area (Å²) < 4.78 is 31.2. The second kappa shape index (κ2) is 9.78. The number of nitrogens with zero attached hydrogens (tertiary/aromatic N) is 1. The van der Waals surface area contributed by atoms with Crippen molar-refractivity contribution in [3.8, 4) is 5.75 Å². The van der Waals surface area contributed by atoms with Crippen LogP contribution in [0.2, 0.25) is 0 Å². The molecule has 0 bridgehead atoms. The van der Waals surface area contributed by atoms with Gasteiger partial charge < -0.3 is 10.1 Å². The van der Waals surface area contributed by atoms with Gasteiger partial charge in [0.1, 0.15) is 11.8 Å². The fourth-order valence-electron chi connectivity index (χ4n) is 3.26. The summed E-state index contributed by atoms with van der Waals surface area (Å²) in [6.45, 7) is 5.77. The highest BCUT2D eigenvalue weighted by Gasteiger charge is 2.30. The van der Waals surface area contributed by atoms with Crippen LogP contribution in [0.15, 0.2) is 54.6 Å². The molecule has 0 aliphatic rings. The summed E-state index contributed by atoms with van der Waals surface area (Å²) >= 11 is 0. The van der Waals surface area contributed by atoms with Crippen LogP contribution in [-0.2, 0) is 14.8 Å². The molecule has 7 heteroatoms. The molecule has 0 saturated carbocycles. The molecule has 29 heavy (non-hydrogen) atoms. The monoisotopic (exact) mass is 418 g/mol. The first-order chi connectivity index (χ1) is 13.6. The molecule has 1 amide bonds. The SMILES string of the molecule is COc1ccc([C@@H](CC(C)C)NC(=O)[C@H](C)N(c2ccccc2)S(C)(=O)=O)cc1. The van der Waals surface area contributed by atoms with Gasteiger partial charge in [-0.05, 0) is 49.1 Å². The first-order valence-electron chi connectivity index (χ1n) is 9.62. The van der Waals surface area contributed by atoms with Crippen LogP contribution < -0.4 is 14.4 Å². The van der Waals surface area contributed by atoms with Gasteiger partial charge >= 0.3 is 0 Å². The van der Waals surface area contributed by atoms with Crippen LogP contribution >= 0.6 is 0 Å². The zero-order valence-corrected chi connectivity index (χ0v) is 18.4. The molecule has 0 fully saturated rings. The van der Waals surface area contributed by atoms with Crippen LogP contribution in [0.25, 0.3) is 0 Å². The number of ether oxygens (including phenoxy) is 1. The van der Waals surface area contributed by atoms with Gasteiger partial charge in [-0.15, -0.1) is 0 Å². The summed E-state index contributed by atoms with van der Waals surface area (Å²) in [5.74, 6) is 0.739. The summed E-state index contributed by atoms with van der Waals surface area (Å²) in [6, 6.07) is 15.1. The van der Waals surface area contributed by atoms with E-state index in [1.807, 2.05) is 24.3 Å². The van der Waals surface area contributed by atoms with Crippen LogP contribution in [0.3, 0.4) is 0 Å². The first kappa shape index (κ1) is 22.7. The normalized spacial score (nSPS) is 13.6. The fraction of sp³-hybridized carbons (Fsp3) is 0.409. The van der Waals surface area contributed by atoms with E-state index in [9.17, 15) is 13.2 Å². The number of hydrogen-bond acceptors (Lipinski definition) is 4. The molecule has 0 aromatic heterocycles. The minimum absolute atomic E-state index is 0.229.